The largest absolute Gasteiger partial charge is 0.456 e. The van der Waals surface area contributed by atoms with Gasteiger partial charge in [0.15, 0.2) is 6.10 Å². The van der Waals surface area contributed by atoms with Crippen molar-refractivity contribution in [2.75, 3.05) is 20.6 Å². The van der Waals surface area contributed by atoms with Gasteiger partial charge in [0.25, 0.3) is 5.91 Å². The van der Waals surface area contributed by atoms with Crippen LogP contribution in [0.3, 0.4) is 0 Å². The summed E-state index contributed by atoms with van der Waals surface area (Å²) in [5, 5.41) is 7.86. The fourth-order valence-electron chi connectivity index (χ4n) is 6.80. The van der Waals surface area contributed by atoms with E-state index in [1.807, 2.05) is 13.8 Å². The quantitative estimate of drug-likeness (QED) is 0.227. The van der Waals surface area contributed by atoms with Crippen molar-refractivity contribution in [1.82, 2.24) is 25.8 Å². The molecular weight excluding hydrogens is 826 g/mol. The Morgan fingerprint density at radius 1 is 0.905 bits per heavy atom. The van der Waals surface area contributed by atoms with E-state index in [0.717, 1.165) is 21.9 Å². The normalized spacial score (nSPS) is 28.0. The number of cyclic esters (lactones) is 2. The molecule has 1 aromatic carbocycles. The molecule has 1 aliphatic rings. The third-order valence-electron chi connectivity index (χ3n) is 11.4. The molecular formula is C45H67F3N6O9. The van der Waals surface area contributed by atoms with Gasteiger partial charge in [-0.25, -0.2) is 9.59 Å². The molecule has 0 radical (unpaired) electrons. The van der Waals surface area contributed by atoms with Crippen LogP contribution in [0.15, 0.2) is 47.6 Å². The van der Waals surface area contributed by atoms with Crippen molar-refractivity contribution in [1.29, 1.82) is 0 Å². The fraction of sp³-hybridized carbons (Fsp3) is 0.622. The first kappa shape index (κ1) is 53.9. The van der Waals surface area contributed by atoms with Gasteiger partial charge in [-0.05, 0) is 82.6 Å². The lowest BCUT2D eigenvalue weighted by Gasteiger charge is -2.33. The number of carbonyl (C=O) groups excluding carboxylic acids is 7. The lowest BCUT2D eigenvalue weighted by molar-refractivity contribution is -0.154. The van der Waals surface area contributed by atoms with Crippen LogP contribution in [0.25, 0.3) is 0 Å². The average Bonchev–Trinajstić information content (AvgIpc) is 3.22. The van der Waals surface area contributed by atoms with Gasteiger partial charge in [-0.3, -0.25) is 24.0 Å². The van der Waals surface area contributed by atoms with Gasteiger partial charge in [-0.15, -0.1) is 0 Å². The Bertz CT molecular complexity index is 1850. The summed E-state index contributed by atoms with van der Waals surface area (Å²) in [6.07, 6.45) is -3.06. The van der Waals surface area contributed by atoms with Crippen LogP contribution in [0.5, 0.6) is 0 Å². The molecule has 0 bridgehead atoms. The molecule has 15 nitrogen and oxygen atoms in total. The van der Waals surface area contributed by atoms with Gasteiger partial charge in [0.1, 0.15) is 30.3 Å². The molecule has 352 valence electrons. The Morgan fingerprint density at radius 3 is 2.03 bits per heavy atom. The molecule has 1 unspecified atom stereocenters. The number of likely N-dealkylation sites (N-methyl/N-ethyl adjacent to an activating group) is 2. The SMILES string of the molecule is C/C=C(\C)[C@H]1OC(=O)[C@@H](C)NC(=O)[C@H](C(C)CC)NC(=O)CN(C)C(=O)[C@@H](Cc2ccc(C(F)(F)F)cc2)N(C)C(=O)[C@H](C)NC(=O)[C@@H](CC(C)C)OC(=O)/C(C)=C/C[C@H](N)[C@@H]1C. The first-order valence-electron chi connectivity index (χ1n) is 21.3. The van der Waals surface area contributed by atoms with Crippen LogP contribution in [0.4, 0.5) is 13.2 Å². The third kappa shape index (κ3) is 15.8. The molecule has 5 amide bonds. The molecule has 0 saturated carbocycles. The van der Waals surface area contributed by atoms with Crippen molar-refractivity contribution < 1.29 is 56.2 Å². The van der Waals surface area contributed by atoms with E-state index >= 15 is 0 Å². The number of rotatable bonds is 7. The molecule has 0 aliphatic carbocycles. The highest BCUT2D eigenvalue weighted by molar-refractivity contribution is 5.96. The van der Waals surface area contributed by atoms with Gasteiger partial charge in [0, 0.05) is 38.0 Å². The molecule has 2 rings (SSSR count). The Morgan fingerprint density at radius 2 is 1.49 bits per heavy atom. The van der Waals surface area contributed by atoms with E-state index in [1.54, 1.807) is 46.8 Å². The summed E-state index contributed by atoms with van der Waals surface area (Å²) in [6, 6.07) is -1.62. The predicted octanol–water partition coefficient (Wildman–Crippen LogP) is 4.22. The van der Waals surface area contributed by atoms with E-state index in [9.17, 15) is 46.7 Å². The minimum atomic E-state index is -4.63. The molecule has 0 aromatic heterocycles. The number of nitrogens with one attached hydrogen (secondary N) is 3. The lowest BCUT2D eigenvalue weighted by atomic mass is 9.89. The Kier molecular flexibility index (Phi) is 20.5. The van der Waals surface area contributed by atoms with Crippen molar-refractivity contribution in [3.05, 3.63) is 58.7 Å². The number of hydrogen-bond acceptors (Lipinski definition) is 10. The maximum absolute atomic E-state index is 14.2. The number of hydrogen-bond donors (Lipinski definition) is 4. The Balaban J connectivity index is 2.66. The van der Waals surface area contributed by atoms with Crippen LogP contribution in [-0.4, -0.2) is 114 Å². The number of alkyl halides is 3. The highest BCUT2D eigenvalue weighted by Crippen LogP contribution is 2.29. The van der Waals surface area contributed by atoms with Gasteiger partial charge in [0.2, 0.25) is 23.6 Å². The molecule has 0 saturated heterocycles. The van der Waals surface area contributed by atoms with Gasteiger partial charge in [-0.1, -0.05) is 65.3 Å². The fourth-order valence-corrected chi connectivity index (χ4v) is 6.80. The Hall–Kier alpha value is -5.26. The maximum atomic E-state index is 14.2. The van der Waals surface area contributed by atoms with E-state index in [-0.39, 0.29) is 36.3 Å². The monoisotopic (exact) mass is 892 g/mol. The van der Waals surface area contributed by atoms with E-state index < -0.39 is 114 Å². The lowest BCUT2D eigenvalue weighted by Crippen LogP contribution is -2.57. The zero-order valence-electron chi connectivity index (χ0n) is 38.6. The molecule has 1 heterocycles. The minimum absolute atomic E-state index is 0.0898. The molecule has 9 atom stereocenters. The zero-order chi connectivity index (χ0) is 48.1. The van der Waals surface area contributed by atoms with Crippen LogP contribution < -0.4 is 21.7 Å². The van der Waals surface area contributed by atoms with Crippen LogP contribution in [0, 0.1) is 17.8 Å². The van der Waals surface area contributed by atoms with Crippen LogP contribution >= 0.6 is 0 Å². The third-order valence-corrected chi connectivity index (χ3v) is 11.4. The molecule has 1 aliphatic heterocycles. The maximum Gasteiger partial charge on any atom is 0.416 e. The topological polar surface area (TPSA) is 207 Å². The van der Waals surface area contributed by atoms with Crippen LogP contribution in [0.2, 0.25) is 0 Å². The molecule has 0 spiro atoms. The van der Waals surface area contributed by atoms with Crippen molar-refractivity contribution in [2.24, 2.45) is 23.5 Å². The van der Waals surface area contributed by atoms with E-state index in [0.29, 0.717) is 12.0 Å². The summed E-state index contributed by atoms with van der Waals surface area (Å²) in [6.45, 7) is 16.2. The molecule has 5 N–H and O–H groups in total. The highest BCUT2D eigenvalue weighted by atomic mass is 19.4. The summed E-state index contributed by atoms with van der Waals surface area (Å²) >= 11 is 0. The number of amides is 5. The second-order valence-corrected chi connectivity index (χ2v) is 17.0. The second kappa shape index (κ2) is 24.0. The van der Waals surface area contributed by atoms with Crippen molar-refractivity contribution >= 4 is 41.5 Å². The smallest absolute Gasteiger partial charge is 0.416 e. The van der Waals surface area contributed by atoms with Gasteiger partial charge in [0.05, 0.1) is 12.1 Å². The van der Waals surface area contributed by atoms with Crippen LogP contribution in [0.1, 0.15) is 99.6 Å². The minimum Gasteiger partial charge on any atom is -0.456 e. The standard InChI is InChI=1S/C45H67F3N6O9/c1-13-25(5)37-40(57)51-30(10)44(61)63-38(26(6)14-2)28(8)33(49)20-15-27(7)43(60)62-35(21-24(3)4)39(56)50-29(9)41(58)54(12)34(42(59)53(11)23-36(55)52-37)22-31-16-18-32(19-17-31)45(46,47)48/h14-19,24-25,28-30,33-35,37-38H,13,20-23,49H2,1-12H3,(H,50,56)(H,51,57)(H,52,55)/b26-14+,27-15+/t25?,28-,29-,30+,33-,34+,35+,37-,38+/m0/s1. The van der Waals surface area contributed by atoms with Crippen molar-refractivity contribution in [3.8, 4) is 0 Å². The number of halogens is 3. The highest BCUT2D eigenvalue weighted by Gasteiger charge is 2.37. The number of esters is 2. The molecule has 63 heavy (non-hydrogen) atoms. The van der Waals surface area contributed by atoms with Crippen molar-refractivity contribution in [3.63, 3.8) is 0 Å². The molecule has 0 fully saturated rings. The predicted molar refractivity (Wildman–Crippen MR) is 230 cm³/mol. The van der Waals surface area contributed by atoms with Crippen molar-refractivity contribution in [2.45, 2.75) is 144 Å². The summed E-state index contributed by atoms with van der Waals surface area (Å²) in [7, 11) is 2.57. The van der Waals surface area contributed by atoms with Gasteiger partial charge in [-0.2, -0.15) is 13.2 Å². The van der Waals surface area contributed by atoms with Gasteiger partial charge < -0.3 is 41.0 Å². The number of nitrogens with zero attached hydrogens (tertiary/aromatic N) is 2. The summed E-state index contributed by atoms with van der Waals surface area (Å²) < 4.78 is 51.7. The number of allylic oxidation sites excluding steroid dienone is 1. The van der Waals surface area contributed by atoms with E-state index in [4.69, 9.17) is 15.2 Å². The first-order valence-corrected chi connectivity index (χ1v) is 21.3. The second-order valence-electron chi connectivity index (χ2n) is 17.0. The molecule has 18 heteroatoms. The first-order chi connectivity index (χ1) is 29.2. The zero-order valence-corrected chi connectivity index (χ0v) is 38.6. The van der Waals surface area contributed by atoms with E-state index in [1.165, 1.54) is 47.0 Å². The molecule has 1 aromatic rings. The van der Waals surface area contributed by atoms with E-state index in [2.05, 4.69) is 16.0 Å². The van der Waals surface area contributed by atoms with Gasteiger partial charge >= 0.3 is 18.1 Å². The summed E-state index contributed by atoms with van der Waals surface area (Å²) in [4.78, 5) is 98.0. The number of nitrogens with two attached hydrogens (primary N) is 1. The number of carbonyl (C=O) groups is 7. The summed E-state index contributed by atoms with van der Waals surface area (Å²) in [5.74, 6) is -6.42. The number of ether oxygens (including phenoxy) is 2. The number of benzene rings is 1. The summed E-state index contributed by atoms with van der Waals surface area (Å²) in [5.41, 5.74) is 6.74. The Labute approximate surface area is 369 Å². The van der Waals surface area contributed by atoms with Crippen LogP contribution in [-0.2, 0) is 55.6 Å². The average molecular weight is 893 g/mol.